The van der Waals surface area contributed by atoms with Crippen molar-refractivity contribution >= 4 is 16.8 Å². The van der Waals surface area contributed by atoms with Crippen LogP contribution >= 0.6 is 16.8 Å². The predicted octanol–water partition coefficient (Wildman–Crippen LogP) is -0.395. The summed E-state index contributed by atoms with van der Waals surface area (Å²) in [5.74, 6) is 0.406. The van der Waals surface area contributed by atoms with Crippen LogP contribution in [0.15, 0.2) is 12.4 Å². The highest BCUT2D eigenvalue weighted by atomic mass is 31.2. The molecule has 0 aliphatic rings. The molecule has 0 bridgehead atoms. The molecule has 0 aromatic carbocycles. The van der Waals surface area contributed by atoms with E-state index in [1.165, 1.54) is 0 Å². The molecule has 66 valence electrons. The summed E-state index contributed by atoms with van der Waals surface area (Å²) in [4.78, 5) is 16.8. The molecule has 0 radical (unpaired) electrons. The zero-order valence-electron chi connectivity index (χ0n) is 5.95. The van der Waals surface area contributed by atoms with Gasteiger partial charge < -0.3 is 20.4 Å². The van der Waals surface area contributed by atoms with Gasteiger partial charge in [0.05, 0.1) is 5.82 Å². The summed E-state index contributed by atoms with van der Waals surface area (Å²) in [6.07, 6.45) is 0.205. The highest BCUT2D eigenvalue weighted by Crippen LogP contribution is 2.32. The SMILES string of the molecule is C=C(NCP)NCP(=O)(O)O. The molecule has 4 N–H and O–H groups in total. The van der Waals surface area contributed by atoms with Gasteiger partial charge in [0.1, 0.15) is 6.29 Å². The number of hydrogen-bond donors (Lipinski definition) is 4. The Labute approximate surface area is 67.6 Å². The van der Waals surface area contributed by atoms with Crippen molar-refractivity contribution in [2.45, 2.75) is 0 Å². The third kappa shape index (κ3) is 7.82. The molecule has 0 saturated carbocycles. The minimum atomic E-state index is -3.96. The summed E-state index contributed by atoms with van der Waals surface area (Å²) in [6, 6.07) is 0. The number of nitrogens with one attached hydrogen (secondary N) is 2. The minimum absolute atomic E-state index is 0.385. The van der Waals surface area contributed by atoms with E-state index in [0.717, 1.165) is 0 Å². The van der Waals surface area contributed by atoms with Crippen LogP contribution in [0.1, 0.15) is 0 Å². The molecule has 0 aromatic rings. The second-order valence-electron chi connectivity index (χ2n) is 1.86. The van der Waals surface area contributed by atoms with Gasteiger partial charge in [-0.25, -0.2) is 0 Å². The Balaban J connectivity index is 3.55. The highest BCUT2D eigenvalue weighted by Gasteiger charge is 2.11. The van der Waals surface area contributed by atoms with Crippen molar-refractivity contribution in [3.8, 4) is 0 Å². The molecule has 7 heteroatoms. The van der Waals surface area contributed by atoms with Gasteiger partial charge in [-0.3, -0.25) is 4.57 Å². The van der Waals surface area contributed by atoms with Gasteiger partial charge in [0.25, 0.3) is 0 Å². The van der Waals surface area contributed by atoms with Crippen molar-refractivity contribution in [3.05, 3.63) is 12.4 Å². The van der Waals surface area contributed by atoms with Crippen LogP contribution in [0.25, 0.3) is 0 Å². The van der Waals surface area contributed by atoms with Gasteiger partial charge in [-0.05, 0) is 0 Å². The fraction of sp³-hybridized carbons (Fsp3) is 0.500. The first-order valence-electron chi connectivity index (χ1n) is 2.87. The molecule has 0 aromatic heterocycles. The molecule has 11 heavy (non-hydrogen) atoms. The first-order chi connectivity index (χ1) is 4.95. The van der Waals surface area contributed by atoms with E-state index in [1.54, 1.807) is 0 Å². The monoisotopic (exact) mass is 198 g/mol. The van der Waals surface area contributed by atoms with Gasteiger partial charge in [0, 0.05) is 6.29 Å². The van der Waals surface area contributed by atoms with E-state index in [9.17, 15) is 4.57 Å². The smallest absolute Gasteiger partial charge is 0.344 e. The molecular weight excluding hydrogens is 186 g/mol. The van der Waals surface area contributed by atoms with Gasteiger partial charge in [-0.2, -0.15) is 0 Å². The largest absolute Gasteiger partial charge is 0.369 e. The average molecular weight is 198 g/mol. The molecule has 0 spiro atoms. The second kappa shape index (κ2) is 4.73. The van der Waals surface area contributed by atoms with Crippen molar-refractivity contribution in [1.29, 1.82) is 0 Å². The summed E-state index contributed by atoms with van der Waals surface area (Å²) in [5.41, 5.74) is 0. The molecule has 0 heterocycles. The van der Waals surface area contributed by atoms with E-state index in [0.29, 0.717) is 12.1 Å². The van der Waals surface area contributed by atoms with E-state index >= 15 is 0 Å². The number of hydrogen-bond acceptors (Lipinski definition) is 3. The fourth-order valence-electron chi connectivity index (χ4n) is 0.384. The summed E-state index contributed by atoms with van der Waals surface area (Å²) in [7, 11) is -1.56. The molecule has 0 saturated heterocycles. The molecule has 1 atom stereocenters. The second-order valence-corrected chi connectivity index (χ2v) is 3.91. The van der Waals surface area contributed by atoms with Crippen LogP contribution in [-0.2, 0) is 4.57 Å². The Hall–Kier alpha value is -0.0800. The fourth-order valence-corrected chi connectivity index (χ4v) is 1.03. The average Bonchev–Trinajstić information content (AvgIpc) is 1.83. The van der Waals surface area contributed by atoms with E-state index in [2.05, 4.69) is 26.5 Å². The standard InChI is InChI=1S/C4H12N2O3P2/c1-4(5-2-10)6-3-11(7,8)9/h5-6H,1-3,10H2,(H2,7,8,9). The van der Waals surface area contributed by atoms with Crippen LogP contribution < -0.4 is 10.6 Å². The molecule has 1 unspecified atom stereocenters. The van der Waals surface area contributed by atoms with Gasteiger partial charge in [0.15, 0.2) is 0 Å². The zero-order valence-corrected chi connectivity index (χ0v) is 8.00. The van der Waals surface area contributed by atoms with Crippen molar-refractivity contribution in [2.75, 3.05) is 12.6 Å². The zero-order chi connectivity index (χ0) is 8.91. The van der Waals surface area contributed by atoms with E-state index in [4.69, 9.17) is 9.79 Å². The van der Waals surface area contributed by atoms with Crippen LogP contribution in [-0.4, -0.2) is 22.4 Å². The Morgan fingerprint density at radius 3 is 2.45 bits per heavy atom. The summed E-state index contributed by atoms with van der Waals surface area (Å²) < 4.78 is 10.3. The lowest BCUT2D eigenvalue weighted by atomic mass is 10.8. The lowest BCUT2D eigenvalue weighted by molar-refractivity contribution is 0.369. The predicted molar refractivity (Wildman–Crippen MR) is 46.9 cm³/mol. The maximum Gasteiger partial charge on any atom is 0.344 e. The lowest BCUT2D eigenvalue weighted by Crippen LogP contribution is -2.25. The van der Waals surface area contributed by atoms with E-state index in [-0.39, 0.29) is 6.29 Å². The van der Waals surface area contributed by atoms with Crippen molar-refractivity contribution in [3.63, 3.8) is 0 Å². The Morgan fingerprint density at radius 1 is 1.55 bits per heavy atom. The molecule has 0 aliphatic heterocycles. The molecule has 0 aliphatic carbocycles. The molecule has 5 nitrogen and oxygen atoms in total. The third-order valence-electron chi connectivity index (χ3n) is 0.814. The highest BCUT2D eigenvalue weighted by molar-refractivity contribution is 7.51. The number of rotatable bonds is 5. The quantitative estimate of drug-likeness (QED) is 0.452. The maximum atomic E-state index is 10.3. The Bertz CT molecular complexity index is 178. The summed E-state index contributed by atoms with van der Waals surface area (Å²) in [5, 5.41) is 5.17. The molecular formula is C4H12N2O3P2. The van der Waals surface area contributed by atoms with Gasteiger partial charge in [0.2, 0.25) is 0 Å². The van der Waals surface area contributed by atoms with Crippen LogP contribution in [0.3, 0.4) is 0 Å². The van der Waals surface area contributed by atoms with Crippen LogP contribution in [0.4, 0.5) is 0 Å². The first kappa shape index (κ1) is 10.9. The van der Waals surface area contributed by atoms with Gasteiger partial charge >= 0.3 is 7.60 Å². The lowest BCUT2D eigenvalue weighted by Gasteiger charge is -2.10. The van der Waals surface area contributed by atoms with Crippen LogP contribution in [0, 0.1) is 0 Å². The van der Waals surface area contributed by atoms with Crippen molar-refractivity contribution in [1.82, 2.24) is 10.6 Å². The maximum absolute atomic E-state index is 10.3. The summed E-state index contributed by atoms with van der Waals surface area (Å²) >= 11 is 0. The normalized spacial score (nSPS) is 10.8. The minimum Gasteiger partial charge on any atom is -0.369 e. The van der Waals surface area contributed by atoms with Gasteiger partial charge in [-0.1, -0.05) is 6.58 Å². The van der Waals surface area contributed by atoms with Crippen molar-refractivity contribution in [2.24, 2.45) is 0 Å². The molecule has 0 fully saturated rings. The Kier molecular flexibility index (Phi) is 4.69. The van der Waals surface area contributed by atoms with E-state index in [1.807, 2.05) is 0 Å². The molecule has 0 amide bonds. The van der Waals surface area contributed by atoms with E-state index < -0.39 is 7.60 Å². The topological polar surface area (TPSA) is 81.6 Å². The van der Waals surface area contributed by atoms with Gasteiger partial charge in [-0.15, -0.1) is 9.24 Å². The van der Waals surface area contributed by atoms with Crippen LogP contribution in [0.5, 0.6) is 0 Å². The Morgan fingerprint density at radius 2 is 2.09 bits per heavy atom. The first-order valence-corrected chi connectivity index (χ1v) is 5.48. The van der Waals surface area contributed by atoms with Crippen LogP contribution in [0.2, 0.25) is 0 Å². The molecule has 0 rings (SSSR count). The van der Waals surface area contributed by atoms with Crippen molar-refractivity contribution < 1.29 is 14.4 Å². The summed E-state index contributed by atoms with van der Waals surface area (Å²) in [6.45, 7) is 3.47. The third-order valence-corrected chi connectivity index (χ3v) is 1.59.